The summed E-state index contributed by atoms with van der Waals surface area (Å²) in [6.45, 7) is 0.488. The molecule has 0 aromatic carbocycles. The average Bonchev–Trinajstić information content (AvgIpc) is 2.24. The largest absolute Gasteiger partial charge is 0.370 e. The van der Waals surface area contributed by atoms with E-state index in [1.54, 1.807) is 0 Å². The number of amides is 2. The second kappa shape index (κ2) is 8.68. The minimum absolute atomic E-state index is 0.0401. The van der Waals surface area contributed by atoms with E-state index in [0.717, 1.165) is 0 Å². The fourth-order valence-electron chi connectivity index (χ4n) is 1.08. The van der Waals surface area contributed by atoms with E-state index < -0.39 is 11.9 Å². The Labute approximate surface area is 106 Å². The molecule has 2 amide bonds. The first-order valence-corrected chi connectivity index (χ1v) is 5.85. The third kappa shape index (κ3) is 8.38. The van der Waals surface area contributed by atoms with Gasteiger partial charge in [0.25, 0.3) is 0 Å². The number of carbonyl (C=O) groups excluding carboxylic acids is 2. The zero-order chi connectivity index (χ0) is 13.3. The van der Waals surface area contributed by atoms with E-state index >= 15 is 0 Å². The van der Waals surface area contributed by atoms with Gasteiger partial charge in [-0.05, 0) is 12.8 Å². The SMILES string of the molecule is NC(=O)C(CS)NC(=O)CCCCN=C(N)N. The van der Waals surface area contributed by atoms with Gasteiger partial charge in [-0.3, -0.25) is 14.6 Å². The van der Waals surface area contributed by atoms with E-state index in [1.165, 1.54) is 0 Å². The van der Waals surface area contributed by atoms with Gasteiger partial charge in [-0.1, -0.05) is 0 Å². The highest BCUT2D eigenvalue weighted by Crippen LogP contribution is 1.97. The predicted octanol–water partition coefficient (Wildman–Crippen LogP) is -1.67. The Bertz CT molecular complexity index is 291. The normalized spacial score (nSPS) is 11.6. The van der Waals surface area contributed by atoms with Crippen LogP contribution < -0.4 is 22.5 Å². The van der Waals surface area contributed by atoms with Crippen LogP contribution in [0.3, 0.4) is 0 Å². The van der Waals surface area contributed by atoms with Crippen LogP contribution in [0, 0.1) is 0 Å². The number of hydrogen-bond donors (Lipinski definition) is 5. The van der Waals surface area contributed by atoms with Gasteiger partial charge in [-0.15, -0.1) is 0 Å². The van der Waals surface area contributed by atoms with Crippen molar-refractivity contribution in [3.8, 4) is 0 Å². The van der Waals surface area contributed by atoms with Gasteiger partial charge in [-0.2, -0.15) is 12.6 Å². The fourth-order valence-corrected chi connectivity index (χ4v) is 1.35. The number of carbonyl (C=O) groups is 2. The molecule has 0 saturated carbocycles. The molecule has 98 valence electrons. The van der Waals surface area contributed by atoms with Gasteiger partial charge >= 0.3 is 0 Å². The summed E-state index contributed by atoms with van der Waals surface area (Å²) in [5, 5.41) is 2.49. The lowest BCUT2D eigenvalue weighted by molar-refractivity contribution is -0.126. The third-order valence-corrected chi connectivity index (χ3v) is 2.33. The molecule has 0 aromatic heterocycles. The van der Waals surface area contributed by atoms with E-state index in [9.17, 15) is 9.59 Å². The summed E-state index contributed by atoms with van der Waals surface area (Å²) in [7, 11) is 0. The van der Waals surface area contributed by atoms with Crippen molar-refractivity contribution in [1.29, 1.82) is 0 Å². The highest BCUT2D eigenvalue weighted by atomic mass is 32.1. The average molecular weight is 261 g/mol. The quantitative estimate of drug-likeness (QED) is 0.154. The predicted molar refractivity (Wildman–Crippen MR) is 69.5 cm³/mol. The van der Waals surface area contributed by atoms with Crippen molar-refractivity contribution in [2.45, 2.75) is 25.3 Å². The number of guanidine groups is 1. The smallest absolute Gasteiger partial charge is 0.240 e. The Hall–Kier alpha value is -1.44. The fraction of sp³-hybridized carbons (Fsp3) is 0.667. The number of rotatable bonds is 8. The summed E-state index contributed by atoms with van der Waals surface area (Å²) >= 11 is 3.92. The number of aliphatic imine (C=N–C) groups is 1. The molecule has 17 heavy (non-hydrogen) atoms. The van der Waals surface area contributed by atoms with Crippen molar-refractivity contribution >= 4 is 30.4 Å². The van der Waals surface area contributed by atoms with Crippen LogP contribution in [-0.4, -0.2) is 36.1 Å². The molecule has 0 aliphatic heterocycles. The van der Waals surface area contributed by atoms with Crippen molar-refractivity contribution in [2.24, 2.45) is 22.2 Å². The maximum Gasteiger partial charge on any atom is 0.240 e. The first kappa shape index (κ1) is 15.6. The van der Waals surface area contributed by atoms with Gasteiger partial charge in [0.05, 0.1) is 0 Å². The van der Waals surface area contributed by atoms with Crippen LogP contribution in [0.1, 0.15) is 19.3 Å². The zero-order valence-corrected chi connectivity index (χ0v) is 10.5. The summed E-state index contributed by atoms with van der Waals surface area (Å²) in [6, 6.07) is -0.719. The van der Waals surface area contributed by atoms with Gasteiger partial charge in [0.2, 0.25) is 11.8 Å². The van der Waals surface area contributed by atoms with E-state index in [4.69, 9.17) is 17.2 Å². The molecule has 7 nitrogen and oxygen atoms in total. The molecule has 0 heterocycles. The number of nitrogens with one attached hydrogen (secondary N) is 1. The molecule has 1 atom stereocenters. The lowest BCUT2D eigenvalue weighted by Gasteiger charge is -2.12. The van der Waals surface area contributed by atoms with Gasteiger partial charge in [-0.25, -0.2) is 0 Å². The molecule has 1 unspecified atom stereocenters. The lowest BCUT2D eigenvalue weighted by atomic mass is 10.2. The molecule has 0 bridgehead atoms. The van der Waals surface area contributed by atoms with E-state index in [2.05, 4.69) is 22.9 Å². The van der Waals surface area contributed by atoms with Crippen molar-refractivity contribution in [1.82, 2.24) is 5.32 Å². The molecule has 0 aromatic rings. The maximum absolute atomic E-state index is 11.4. The monoisotopic (exact) mass is 261 g/mol. The maximum atomic E-state index is 11.4. The summed E-state index contributed by atoms with van der Waals surface area (Å²) in [5.74, 6) is -0.588. The Morgan fingerprint density at radius 2 is 1.88 bits per heavy atom. The first-order chi connectivity index (χ1) is 7.97. The highest BCUT2D eigenvalue weighted by Gasteiger charge is 2.15. The molecule has 0 saturated heterocycles. The molecule has 7 N–H and O–H groups in total. The Kier molecular flexibility index (Phi) is 7.95. The Balaban J connectivity index is 3.73. The Morgan fingerprint density at radius 1 is 1.24 bits per heavy atom. The highest BCUT2D eigenvalue weighted by molar-refractivity contribution is 7.80. The molecule has 0 aliphatic rings. The number of nitrogens with zero attached hydrogens (tertiary/aromatic N) is 1. The van der Waals surface area contributed by atoms with Crippen LogP contribution in [-0.2, 0) is 9.59 Å². The van der Waals surface area contributed by atoms with E-state index in [1.807, 2.05) is 0 Å². The van der Waals surface area contributed by atoms with Crippen LogP contribution in [0.15, 0.2) is 4.99 Å². The second-order valence-electron chi connectivity index (χ2n) is 3.47. The minimum atomic E-state index is -0.719. The molecule has 0 aliphatic carbocycles. The molecular weight excluding hydrogens is 242 g/mol. The van der Waals surface area contributed by atoms with E-state index in [0.29, 0.717) is 25.8 Å². The molecule has 0 radical (unpaired) electrons. The molecule has 0 fully saturated rings. The van der Waals surface area contributed by atoms with Crippen LogP contribution >= 0.6 is 12.6 Å². The first-order valence-electron chi connectivity index (χ1n) is 5.22. The molecular formula is C9H19N5O2S. The minimum Gasteiger partial charge on any atom is -0.370 e. The standard InChI is InChI=1S/C9H19N5O2S/c10-8(16)6(5-17)14-7(15)3-1-2-4-13-9(11)12/h6,17H,1-5H2,(H2,10,16)(H,14,15)(H4,11,12,13). The van der Waals surface area contributed by atoms with Gasteiger partial charge < -0.3 is 22.5 Å². The van der Waals surface area contributed by atoms with E-state index in [-0.39, 0.29) is 17.6 Å². The number of hydrogen-bond acceptors (Lipinski definition) is 4. The van der Waals surface area contributed by atoms with Crippen molar-refractivity contribution in [3.63, 3.8) is 0 Å². The summed E-state index contributed by atoms with van der Waals surface area (Å²) in [4.78, 5) is 26.0. The van der Waals surface area contributed by atoms with Gasteiger partial charge in [0.1, 0.15) is 6.04 Å². The molecule has 8 heteroatoms. The van der Waals surface area contributed by atoms with Crippen molar-refractivity contribution in [2.75, 3.05) is 12.3 Å². The van der Waals surface area contributed by atoms with Crippen LogP contribution in [0.2, 0.25) is 0 Å². The van der Waals surface area contributed by atoms with Crippen molar-refractivity contribution < 1.29 is 9.59 Å². The van der Waals surface area contributed by atoms with Crippen LogP contribution in [0.25, 0.3) is 0 Å². The second-order valence-corrected chi connectivity index (χ2v) is 3.83. The van der Waals surface area contributed by atoms with Gasteiger partial charge in [0, 0.05) is 18.7 Å². The summed E-state index contributed by atoms with van der Waals surface area (Å²) in [6.07, 6.45) is 1.64. The summed E-state index contributed by atoms with van der Waals surface area (Å²) in [5.41, 5.74) is 15.3. The number of nitrogens with two attached hydrogens (primary N) is 3. The Morgan fingerprint density at radius 3 is 2.35 bits per heavy atom. The number of unbranched alkanes of at least 4 members (excludes halogenated alkanes) is 1. The zero-order valence-electron chi connectivity index (χ0n) is 9.56. The van der Waals surface area contributed by atoms with Crippen molar-refractivity contribution in [3.05, 3.63) is 0 Å². The molecule has 0 rings (SSSR count). The number of thiol groups is 1. The van der Waals surface area contributed by atoms with Gasteiger partial charge in [0.15, 0.2) is 5.96 Å². The number of primary amides is 1. The topological polar surface area (TPSA) is 137 Å². The summed E-state index contributed by atoms with van der Waals surface area (Å²) < 4.78 is 0. The van der Waals surface area contributed by atoms with Crippen LogP contribution in [0.5, 0.6) is 0 Å². The third-order valence-electron chi connectivity index (χ3n) is 1.97. The molecule has 0 spiro atoms. The van der Waals surface area contributed by atoms with Crippen LogP contribution in [0.4, 0.5) is 0 Å². The lowest BCUT2D eigenvalue weighted by Crippen LogP contribution is -2.45.